The topological polar surface area (TPSA) is 103 Å². The molecular formula is C20H22N4O3S. The molecule has 4 aromatic rings. The van der Waals surface area contributed by atoms with Gasteiger partial charge >= 0.3 is 0 Å². The van der Waals surface area contributed by atoms with Gasteiger partial charge in [-0.25, -0.2) is 0 Å². The maximum absolute atomic E-state index is 12.4. The number of benzene rings is 1. The zero-order chi connectivity index (χ0) is 19.5. The van der Waals surface area contributed by atoms with Crippen molar-refractivity contribution in [3.63, 3.8) is 0 Å². The minimum Gasteiger partial charge on any atom is -0.392 e. The summed E-state index contributed by atoms with van der Waals surface area (Å²) in [6.07, 6.45) is 0.792. The number of H-pyrrole nitrogens is 2. The molecule has 0 spiro atoms. The summed E-state index contributed by atoms with van der Waals surface area (Å²) in [5.41, 5.74) is 4.35. The largest absolute Gasteiger partial charge is 0.392 e. The molecule has 1 amide bonds. The van der Waals surface area contributed by atoms with Gasteiger partial charge in [-0.05, 0) is 43.2 Å². The van der Waals surface area contributed by atoms with Crippen LogP contribution in [0.3, 0.4) is 0 Å². The molecule has 0 saturated carbocycles. The quantitative estimate of drug-likeness (QED) is 0.342. The predicted octanol–water partition coefficient (Wildman–Crippen LogP) is 3.42. The summed E-state index contributed by atoms with van der Waals surface area (Å²) in [5, 5.41) is 20.7. The van der Waals surface area contributed by atoms with Crippen molar-refractivity contribution >= 4 is 38.4 Å². The van der Waals surface area contributed by atoms with Crippen LogP contribution >= 0.6 is 11.3 Å². The molecule has 28 heavy (non-hydrogen) atoms. The average Bonchev–Trinajstić information content (AvgIpc) is 3.40. The van der Waals surface area contributed by atoms with Gasteiger partial charge in [-0.15, -0.1) is 11.3 Å². The van der Waals surface area contributed by atoms with Gasteiger partial charge in [0.2, 0.25) is 0 Å². The number of fused-ring (bicyclic) bond motifs is 2. The number of hydrogen-bond acceptors (Lipinski definition) is 5. The first-order chi connectivity index (χ1) is 13.7. The van der Waals surface area contributed by atoms with Crippen molar-refractivity contribution in [3.05, 3.63) is 40.8 Å². The predicted molar refractivity (Wildman–Crippen MR) is 111 cm³/mol. The van der Waals surface area contributed by atoms with Gasteiger partial charge in [-0.3, -0.25) is 9.89 Å². The van der Waals surface area contributed by atoms with Gasteiger partial charge < -0.3 is 20.1 Å². The number of rotatable bonds is 8. The van der Waals surface area contributed by atoms with Crippen LogP contribution in [0.5, 0.6) is 0 Å². The number of hydrogen-bond donors (Lipinski definition) is 4. The zero-order valence-corrected chi connectivity index (χ0v) is 16.4. The molecule has 0 radical (unpaired) electrons. The van der Waals surface area contributed by atoms with Crippen LogP contribution in [-0.4, -0.2) is 46.0 Å². The van der Waals surface area contributed by atoms with Crippen molar-refractivity contribution in [2.24, 2.45) is 0 Å². The van der Waals surface area contributed by atoms with E-state index in [2.05, 4.69) is 20.5 Å². The van der Waals surface area contributed by atoms with E-state index >= 15 is 0 Å². The fourth-order valence-electron chi connectivity index (χ4n) is 3.13. The standard InChI is InChI=1S/C20H22N4O3S/c1-2-27-7-3-6-21-20(26)17-10-16-19(28-17)18(24-23-16)15-9-13-8-12(11-25)4-5-14(13)22-15/h4-5,8-10,22,25H,2-3,6-7,11H2,1H3,(H,21,26)(H,23,24). The Bertz CT molecular complexity index is 1110. The van der Waals surface area contributed by atoms with Gasteiger partial charge in [0.25, 0.3) is 5.91 Å². The maximum atomic E-state index is 12.4. The summed E-state index contributed by atoms with van der Waals surface area (Å²) in [6.45, 7) is 3.89. The number of aliphatic hydroxyl groups is 1. The van der Waals surface area contributed by atoms with E-state index < -0.39 is 0 Å². The molecule has 0 aliphatic rings. The highest BCUT2D eigenvalue weighted by atomic mass is 32.1. The van der Waals surface area contributed by atoms with Crippen LogP contribution in [0.25, 0.3) is 32.5 Å². The molecule has 1 aromatic carbocycles. The van der Waals surface area contributed by atoms with Crippen LogP contribution in [0, 0.1) is 0 Å². The van der Waals surface area contributed by atoms with Gasteiger partial charge in [0, 0.05) is 30.7 Å². The highest BCUT2D eigenvalue weighted by Gasteiger charge is 2.17. The third kappa shape index (κ3) is 3.66. The second-order valence-electron chi connectivity index (χ2n) is 6.49. The minimum absolute atomic E-state index is 0.0110. The normalized spacial score (nSPS) is 11.5. The first-order valence-electron chi connectivity index (χ1n) is 9.26. The molecular weight excluding hydrogens is 376 g/mol. The van der Waals surface area contributed by atoms with Crippen LogP contribution in [0.15, 0.2) is 30.3 Å². The Hall–Kier alpha value is -2.68. The van der Waals surface area contributed by atoms with E-state index in [9.17, 15) is 9.90 Å². The number of thiophene rings is 1. The SMILES string of the molecule is CCOCCCNC(=O)c1cc2[nH]nc(-c3cc4cc(CO)ccc4[nH]3)c2s1. The van der Waals surface area contributed by atoms with Crippen molar-refractivity contribution in [1.82, 2.24) is 20.5 Å². The second-order valence-corrected chi connectivity index (χ2v) is 7.55. The number of aromatic amines is 2. The van der Waals surface area contributed by atoms with Crippen LogP contribution < -0.4 is 5.32 Å². The van der Waals surface area contributed by atoms with E-state index in [-0.39, 0.29) is 12.5 Å². The molecule has 146 valence electrons. The van der Waals surface area contributed by atoms with Crippen molar-refractivity contribution in [2.45, 2.75) is 20.0 Å². The molecule has 0 atom stereocenters. The lowest BCUT2D eigenvalue weighted by molar-refractivity contribution is 0.0948. The lowest BCUT2D eigenvalue weighted by Crippen LogP contribution is -2.24. The molecule has 0 aliphatic carbocycles. The molecule has 8 heteroatoms. The van der Waals surface area contributed by atoms with E-state index in [1.54, 1.807) is 0 Å². The summed E-state index contributed by atoms with van der Waals surface area (Å²) < 4.78 is 6.22. The zero-order valence-electron chi connectivity index (χ0n) is 15.5. The van der Waals surface area contributed by atoms with E-state index in [1.165, 1.54) is 11.3 Å². The number of carbonyl (C=O) groups excluding carboxylic acids is 1. The summed E-state index contributed by atoms with van der Waals surface area (Å²) in [4.78, 5) is 16.4. The van der Waals surface area contributed by atoms with E-state index in [1.807, 2.05) is 37.3 Å². The molecule has 0 bridgehead atoms. The Kier molecular flexibility index (Phi) is 5.43. The van der Waals surface area contributed by atoms with Crippen LogP contribution in [0.4, 0.5) is 0 Å². The molecule has 3 heterocycles. The monoisotopic (exact) mass is 398 g/mol. The van der Waals surface area contributed by atoms with Crippen molar-refractivity contribution in [2.75, 3.05) is 19.8 Å². The first-order valence-corrected chi connectivity index (χ1v) is 10.1. The number of aromatic nitrogens is 3. The highest BCUT2D eigenvalue weighted by Crippen LogP contribution is 2.34. The molecule has 3 aromatic heterocycles. The lowest BCUT2D eigenvalue weighted by Gasteiger charge is -2.03. The Morgan fingerprint density at radius 3 is 3.00 bits per heavy atom. The smallest absolute Gasteiger partial charge is 0.261 e. The van der Waals surface area contributed by atoms with Gasteiger partial charge in [0.15, 0.2) is 0 Å². The number of ether oxygens (including phenoxy) is 1. The van der Waals surface area contributed by atoms with Crippen molar-refractivity contribution in [1.29, 1.82) is 0 Å². The second kappa shape index (κ2) is 8.14. The Morgan fingerprint density at radius 2 is 2.18 bits per heavy atom. The first kappa shape index (κ1) is 18.7. The fraction of sp³-hybridized carbons (Fsp3) is 0.300. The number of aliphatic hydroxyl groups excluding tert-OH is 1. The number of nitrogens with one attached hydrogen (secondary N) is 3. The van der Waals surface area contributed by atoms with Crippen LogP contribution in [0.2, 0.25) is 0 Å². The molecule has 4 rings (SSSR count). The van der Waals surface area contributed by atoms with Crippen LogP contribution in [0.1, 0.15) is 28.6 Å². The van der Waals surface area contributed by atoms with E-state index in [0.29, 0.717) is 24.6 Å². The highest BCUT2D eigenvalue weighted by molar-refractivity contribution is 7.21. The maximum Gasteiger partial charge on any atom is 0.261 e. The Balaban J connectivity index is 1.55. The summed E-state index contributed by atoms with van der Waals surface area (Å²) in [5.74, 6) is -0.0821. The minimum atomic E-state index is -0.0821. The lowest BCUT2D eigenvalue weighted by atomic mass is 10.1. The molecule has 0 fully saturated rings. The van der Waals surface area contributed by atoms with Gasteiger partial charge in [-0.1, -0.05) is 6.07 Å². The Labute approximate surface area is 165 Å². The van der Waals surface area contributed by atoms with Gasteiger partial charge in [0.1, 0.15) is 5.69 Å². The molecule has 0 aliphatic heterocycles. The van der Waals surface area contributed by atoms with E-state index in [4.69, 9.17) is 4.74 Å². The van der Waals surface area contributed by atoms with E-state index in [0.717, 1.165) is 44.5 Å². The number of carbonyl (C=O) groups is 1. The molecule has 0 unspecified atom stereocenters. The third-order valence-electron chi connectivity index (χ3n) is 4.54. The summed E-state index contributed by atoms with van der Waals surface area (Å²) >= 11 is 1.42. The molecule has 0 saturated heterocycles. The average molecular weight is 398 g/mol. The van der Waals surface area contributed by atoms with Crippen molar-refractivity contribution in [3.8, 4) is 11.4 Å². The van der Waals surface area contributed by atoms with Crippen molar-refractivity contribution < 1.29 is 14.6 Å². The molecule has 7 nitrogen and oxygen atoms in total. The third-order valence-corrected chi connectivity index (χ3v) is 5.68. The molecule has 4 N–H and O–H groups in total. The Morgan fingerprint density at radius 1 is 1.29 bits per heavy atom. The summed E-state index contributed by atoms with van der Waals surface area (Å²) in [7, 11) is 0. The number of nitrogens with zero attached hydrogens (tertiary/aromatic N) is 1. The van der Waals surface area contributed by atoms with Gasteiger partial charge in [0.05, 0.1) is 27.4 Å². The van der Waals surface area contributed by atoms with Gasteiger partial charge in [-0.2, -0.15) is 5.10 Å². The number of amides is 1. The fourth-order valence-corrected chi connectivity index (χ4v) is 4.16. The van der Waals surface area contributed by atoms with Crippen LogP contribution in [-0.2, 0) is 11.3 Å². The summed E-state index contributed by atoms with van der Waals surface area (Å²) in [6, 6.07) is 9.64.